The molecule has 4 unspecified atom stereocenters. The summed E-state index contributed by atoms with van der Waals surface area (Å²) in [5.74, 6) is 0. The van der Waals surface area contributed by atoms with Crippen molar-refractivity contribution in [2.45, 2.75) is 169 Å². The third-order valence-corrected chi connectivity index (χ3v) is 6.70. The highest BCUT2D eigenvalue weighted by Crippen LogP contribution is 2.19. The van der Waals surface area contributed by atoms with Gasteiger partial charge in [-0.1, -0.05) is 110 Å². The van der Waals surface area contributed by atoms with Gasteiger partial charge in [-0.05, 0) is 33.6 Å². The van der Waals surface area contributed by atoms with Crippen molar-refractivity contribution in [3.05, 3.63) is 0 Å². The van der Waals surface area contributed by atoms with E-state index in [1.54, 1.807) is 25.7 Å². The smallest absolute Gasteiger partial charge is 0.107 e. The molecule has 0 saturated carbocycles. The summed E-state index contributed by atoms with van der Waals surface area (Å²) in [7, 11) is 0. The number of rotatable bonds is 23. The molecule has 0 radical (unpaired) electrons. The molecule has 3 N–H and O–H groups in total. The summed E-state index contributed by atoms with van der Waals surface area (Å²) in [6.07, 6.45) is 20.0. The maximum atomic E-state index is 10.3. The van der Waals surface area contributed by atoms with E-state index < -0.39 is 18.7 Å². The summed E-state index contributed by atoms with van der Waals surface area (Å²) >= 11 is 0. The average molecular weight is 459 g/mol. The van der Waals surface area contributed by atoms with Gasteiger partial charge in [-0.3, -0.25) is 4.90 Å². The number of aliphatic hydroxyl groups is 3. The van der Waals surface area contributed by atoms with Gasteiger partial charge in [0.25, 0.3) is 0 Å². The zero-order chi connectivity index (χ0) is 24.2. The molecular weight excluding hydrogens is 400 g/mol. The van der Waals surface area contributed by atoms with Gasteiger partial charge in [0.1, 0.15) is 18.7 Å². The van der Waals surface area contributed by atoms with Crippen LogP contribution in [0.3, 0.4) is 0 Å². The zero-order valence-electron chi connectivity index (χ0n) is 22.3. The molecule has 0 aromatic rings. The highest BCUT2D eigenvalue weighted by Gasteiger charge is 2.31. The molecule has 0 aromatic carbocycles. The molecule has 0 aromatic heterocycles. The minimum Gasteiger partial charge on any atom is -0.379 e. The first kappa shape index (κ1) is 31.8. The molecule has 5 nitrogen and oxygen atoms in total. The lowest BCUT2D eigenvalue weighted by atomic mass is 10.0. The van der Waals surface area contributed by atoms with Crippen LogP contribution in [0.15, 0.2) is 0 Å². The van der Waals surface area contributed by atoms with Gasteiger partial charge in [0.05, 0.1) is 6.17 Å². The fourth-order valence-electron chi connectivity index (χ4n) is 4.85. The number of nitrogens with zero attached hydrogens (tertiary/aromatic N) is 2. The molecule has 194 valence electrons. The first-order valence-corrected chi connectivity index (χ1v) is 13.9. The van der Waals surface area contributed by atoms with Crippen LogP contribution in [0.25, 0.3) is 0 Å². The SMILES string of the molecule is CCCCCCCCCCCCCCCCCCN(C(C)O)C(CC)N(C(C)O)C(C)O. The highest BCUT2D eigenvalue weighted by molar-refractivity contribution is 4.75. The lowest BCUT2D eigenvalue weighted by Crippen LogP contribution is -2.57. The lowest BCUT2D eigenvalue weighted by molar-refractivity contribution is -0.172. The van der Waals surface area contributed by atoms with Crippen molar-refractivity contribution in [3.63, 3.8) is 0 Å². The molecule has 0 fully saturated rings. The van der Waals surface area contributed by atoms with Gasteiger partial charge in [0.2, 0.25) is 0 Å². The van der Waals surface area contributed by atoms with Crippen LogP contribution in [0, 0.1) is 0 Å². The molecule has 32 heavy (non-hydrogen) atoms. The molecule has 0 spiro atoms. The predicted octanol–water partition coefficient (Wildman–Crippen LogP) is 6.60. The Bertz CT molecular complexity index is 383. The van der Waals surface area contributed by atoms with Gasteiger partial charge in [0, 0.05) is 6.54 Å². The molecule has 0 saturated heterocycles. The fourth-order valence-corrected chi connectivity index (χ4v) is 4.85. The van der Waals surface area contributed by atoms with E-state index in [4.69, 9.17) is 0 Å². The molecule has 0 aliphatic carbocycles. The highest BCUT2D eigenvalue weighted by atomic mass is 16.3. The topological polar surface area (TPSA) is 67.2 Å². The van der Waals surface area contributed by atoms with Crippen LogP contribution in [0.2, 0.25) is 0 Å². The van der Waals surface area contributed by atoms with Crippen molar-refractivity contribution in [3.8, 4) is 0 Å². The number of hydrogen-bond donors (Lipinski definition) is 3. The standard InChI is InChI=1S/C27H58N2O3/c1-6-8-9-10-11-12-13-14-15-16-17-18-19-20-21-22-23-28(24(3)30)27(7-2)29(25(4)31)26(5)32/h24-27,30-32H,6-23H2,1-5H3. The number of aliphatic hydroxyl groups excluding tert-OH is 3. The van der Waals surface area contributed by atoms with E-state index in [-0.39, 0.29) is 6.17 Å². The van der Waals surface area contributed by atoms with E-state index >= 15 is 0 Å². The Morgan fingerprint density at radius 3 is 1.12 bits per heavy atom. The lowest BCUT2D eigenvalue weighted by Gasteiger charge is -2.43. The maximum Gasteiger partial charge on any atom is 0.107 e. The van der Waals surface area contributed by atoms with Crippen molar-refractivity contribution < 1.29 is 15.3 Å². The monoisotopic (exact) mass is 458 g/mol. The van der Waals surface area contributed by atoms with Crippen molar-refractivity contribution >= 4 is 0 Å². The van der Waals surface area contributed by atoms with Crippen molar-refractivity contribution in [1.29, 1.82) is 0 Å². The first-order chi connectivity index (χ1) is 15.4. The number of unbranched alkanes of at least 4 members (excludes halogenated alkanes) is 15. The Hall–Kier alpha value is -0.200. The van der Waals surface area contributed by atoms with Crippen molar-refractivity contribution in [2.75, 3.05) is 6.54 Å². The van der Waals surface area contributed by atoms with E-state index in [1.807, 2.05) is 11.8 Å². The molecule has 0 aliphatic rings. The van der Waals surface area contributed by atoms with Gasteiger partial charge in [-0.25, -0.2) is 4.90 Å². The van der Waals surface area contributed by atoms with Crippen LogP contribution < -0.4 is 0 Å². The predicted molar refractivity (Wildman–Crippen MR) is 137 cm³/mol. The number of hydrogen-bond acceptors (Lipinski definition) is 5. The van der Waals surface area contributed by atoms with Crippen molar-refractivity contribution in [2.24, 2.45) is 0 Å². The summed E-state index contributed by atoms with van der Waals surface area (Å²) in [5.41, 5.74) is 0. The molecular formula is C27H58N2O3. The molecule has 0 bridgehead atoms. The third kappa shape index (κ3) is 15.6. The fraction of sp³-hybridized carbons (Fsp3) is 1.00. The molecule has 0 aliphatic heterocycles. The quantitative estimate of drug-likeness (QED) is 0.119. The Labute approximate surface area is 200 Å². The van der Waals surface area contributed by atoms with Crippen LogP contribution in [0.1, 0.15) is 144 Å². The van der Waals surface area contributed by atoms with E-state index in [0.717, 1.165) is 19.4 Å². The molecule has 0 amide bonds. The van der Waals surface area contributed by atoms with Crippen molar-refractivity contribution in [1.82, 2.24) is 9.80 Å². The molecule has 4 atom stereocenters. The van der Waals surface area contributed by atoms with Crippen LogP contribution in [-0.4, -0.2) is 56.5 Å². The van der Waals surface area contributed by atoms with Gasteiger partial charge in [-0.2, -0.15) is 0 Å². The Kier molecular flexibility index (Phi) is 21.2. The summed E-state index contributed by atoms with van der Waals surface area (Å²) < 4.78 is 0. The second-order valence-electron chi connectivity index (χ2n) is 9.77. The normalized spacial score (nSPS) is 15.9. The second-order valence-corrected chi connectivity index (χ2v) is 9.77. The van der Waals surface area contributed by atoms with Gasteiger partial charge in [0.15, 0.2) is 0 Å². The van der Waals surface area contributed by atoms with Crippen LogP contribution in [0.5, 0.6) is 0 Å². The van der Waals surface area contributed by atoms with Gasteiger partial charge in [-0.15, -0.1) is 0 Å². The van der Waals surface area contributed by atoms with Crippen LogP contribution in [0.4, 0.5) is 0 Å². The van der Waals surface area contributed by atoms with E-state index in [9.17, 15) is 15.3 Å². The Balaban J connectivity index is 3.83. The van der Waals surface area contributed by atoms with E-state index in [2.05, 4.69) is 6.92 Å². The van der Waals surface area contributed by atoms with E-state index in [1.165, 1.54) is 96.3 Å². The summed E-state index contributed by atoms with van der Waals surface area (Å²) in [5, 5.41) is 30.5. The van der Waals surface area contributed by atoms with Gasteiger partial charge >= 0.3 is 0 Å². The molecule has 0 heterocycles. The van der Waals surface area contributed by atoms with Crippen LogP contribution >= 0.6 is 0 Å². The maximum absolute atomic E-state index is 10.3. The minimum atomic E-state index is -0.757. The van der Waals surface area contributed by atoms with Crippen LogP contribution in [-0.2, 0) is 0 Å². The summed E-state index contributed by atoms with van der Waals surface area (Å²) in [4.78, 5) is 3.67. The largest absolute Gasteiger partial charge is 0.379 e. The molecule has 0 rings (SSSR count). The Morgan fingerprint density at radius 1 is 0.500 bits per heavy atom. The van der Waals surface area contributed by atoms with Gasteiger partial charge < -0.3 is 15.3 Å². The Morgan fingerprint density at radius 2 is 0.844 bits per heavy atom. The summed E-state index contributed by atoms with van der Waals surface area (Å²) in [6.45, 7) is 10.2. The third-order valence-electron chi connectivity index (χ3n) is 6.70. The minimum absolute atomic E-state index is 0.175. The first-order valence-electron chi connectivity index (χ1n) is 13.9. The van der Waals surface area contributed by atoms with E-state index in [0.29, 0.717) is 0 Å². The molecule has 5 heteroatoms. The zero-order valence-corrected chi connectivity index (χ0v) is 22.3. The summed E-state index contributed by atoms with van der Waals surface area (Å²) in [6, 6.07) is 0. The second kappa shape index (κ2) is 21.3. The average Bonchev–Trinajstić information content (AvgIpc) is 2.73.